The first-order chi connectivity index (χ1) is 12.3. The van der Waals surface area contributed by atoms with Crippen LogP contribution in [0.15, 0.2) is 60.9 Å². The van der Waals surface area contributed by atoms with E-state index in [0.717, 1.165) is 29.4 Å². The Balaban J connectivity index is 1.36. The Bertz CT molecular complexity index is 879. The molecule has 1 aromatic heterocycles. The molecular weight excluding hydrogens is 336 g/mol. The van der Waals surface area contributed by atoms with E-state index in [-0.39, 0.29) is 6.79 Å². The van der Waals surface area contributed by atoms with Crippen LogP contribution in [0, 0.1) is 0 Å². The Morgan fingerprint density at radius 3 is 2.60 bits per heavy atom. The summed E-state index contributed by atoms with van der Waals surface area (Å²) in [4.78, 5) is 0. The fourth-order valence-corrected chi connectivity index (χ4v) is 2.78. The van der Waals surface area contributed by atoms with E-state index in [0.29, 0.717) is 5.11 Å². The minimum absolute atomic E-state index is 0.256. The van der Waals surface area contributed by atoms with Crippen molar-refractivity contribution in [2.45, 2.75) is 6.54 Å². The number of benzene rings is 2. The molecule has 0 bridgehead atoms. The van der Waals surface area contributed by atoms with Crippen LogP contribution in [0.25, 0.3) is 0 Å². The van der Waals surface area contributed by atoms with Crippen molar-refractivity contribution in [3.05, 3.63) is 66.5 Å². The molecule has 7 heteroatoms. The van der Waals surface area contributed by atoms with Crippen LogP contribution in [-0.2, 0) is 6.54 Å². The number of hydrogen-bond acceptors (Lipinski definition) is 4. The summed E-state index contributed by atoms with van der Waals surface area (Å²) in [5.74, 6) is 1.47. The van der Waals surface area contributed by atoms with Crippen LogP contribution in [0.5, 0.6) is 11.5 Å². The third kappa shape index (κ3) is 3.72. The van der Waals surface area contributed by atoms with Gasteiger partial charge < -0.3 is 20.1 Å². The van der Waals surface area contributed by atoms with Gasteiger partial charge in [0.25, 0.3) is 0 Å². The fraction of sp³-hybridized carbons (Fsp3) is 0.111. The molecule has 3 aromatic rings. The molecule has 1 aliphatic rings. The second-order valence-electron chi connectivity index (χ2n) is 5.55. The van der Waals surface area contributed by atoms with E-state index in [1.807, 2.05) is 59.4 Å². The lowest BCUT2D eigenvalue weighted by Gasteiger charge is -2.11. The maximum atomic E-state index is 5.36. The highest BCUT2D eigenvalue weighted by Crippen LogP contribution is 2.34. The fourth-order valence-electron chi connectivity index (χ4n) is 2.54. The molecule has 0 aliphatic carbocycles. The lowest BCUT2D eigenvalue weighted by molar-refractivity contribution is 0.174. The SMILES string of the molecule is S=C(Nc1ccc(Cn2cccn2)cc1)Nc1ccc2c(c1)OCO2. The normalized spacial score (nSPS) is 12.0. The average molecular weight is 352 g/mol. The van der Waals surface area contributed by atoms with Gasteiger partial charge >= 0.3 is 0 Å². The first-order valence-electron chi connectivity index (χ1n) is 7.80. The van der Waals surface area contributed by atoms with Gasteiger partial charge in [0.15, 0.2) is 16.6 Å². The van der Waals surface area contributed by atoms with Crippen molar-refractivity contribution >= 4 is 28.7 Å². The third-order valence-corrected chi connectivity index (χ3v) is 3.95. The molecule has 1 aliphatic heterocycles. The molecule has 0 saturated heterocycles. The Labute approximate surface area is 150 Å². The van der Waals surface area contributed by atoms with Crippen LogP contribution in [0.4, 0.5) is 11.4 Å². The number of thiocarbonyl (C=S) groups is 1. The minimum Gasteiger partial charge on any atom is -0.454 e. The molecule has 25 heavy (non-hydrogen) atoms. The van der Waals surface area contributed by atoms with Crippen LogP contribution in [0.1, 0.15) is 5.56 Å². The molecule has 0 atom stereocenters. The van der Waals surface area contributed by atoms with E-state index in [9.17, 15) is 0 Å². The summed E-state index contributed by atoms with van der Waals surface area (Å²) in [6, 6.07) is 15.6. The number of hydrogen-bond donors (Lipinski definition) is 2. The zero-order chi connectivity index (χ0) is 17.1. The van der Waals surface area contributed by atoms with E-state index in [4.69, 9.17) is 21.7 Å². The number of nitrogens with one attached hydrogen (secondary N) is 2. The van der Waals surface area contributed by atoms with Gasteiger partial charge in [0.05, 0.1) is 6.54 Å². The van der Waals surface area contributed by atoms with Gasteiger partial charge in [-0.05, 0) is 48.1 Å². The molecule has 126 valence electrons. The summed E-state index contributed by atoms with van der Waals surface area (Å²) in [6.45, 7) is 1.000. The van der Waals surface area contributed by atoms with Gasteiger partial charge in [-0.3, -0.25) is 4.68 Å². The number of fused-ring (bicyclic) bond motifs is 1. The standard InChI is InChI=1S/C18H16N4O2S/c25-18(21-15-6-7-16-17(10-15)24-12-23-16)20-14-4-2-13(3-5-14)11-22-9-1-8-19-22/h1-10H,11-12H2,(H2,20,21,25). The number of rotatable bonds is 4. The molecular formula is C18H16N4O2S. The maximum absolute atomic E-state index is 5.36. The van der Waals surface area contributed by atoms with E-state index < -0.39 is 0 Å². The molecule has 0 radical (unpaired) electrons. The predicted molar refractivity (Wildman–Crippen MR) is 100 cm³/mol. The lowest BCUT2D eigenvalue weighted by Crippen LogP contribution is -2.19. The van der Waals surface area contributed by atoms with Crippen LogP contribution < -0.4 is 20.1 Å². The summed E-state index contributed by atoms with van der Waals surface area (Å²) < 4.78 is 12.5. The molecule has 2 heterocycles. The van der Waals surface area contributed by atoms with Gasteiger partial charge in [-0.2, -0.15) is 5.10 Å². The summed E-state index contributed by atoms with van der Waals surface area (Å²) in [6.07, 6.45) is 3.72. The first-order valence-corrected chi connectivity index (χ1v) is 8.21. The van der Waals surface area contributed by atoms with Crippen molar-refractivity contribution in [3.8, 4) is 11.5 Å². The van der Waals surface area contributed by atoms with E-state index >= 15 is 0 Å². The van der Waals surface area contributed by atoms with E-state index in [1.165, 1.54) is 5.56 Å². The van der Waals surface area contributed by atoms with Crippen LogP contribution >= 0.6 is 12.2 Å². The quantitative estimate of drug-likeness (QED) is 0.701. The van der Waals surface area contributed by atoms with Crippen molar-refractivity contribution in [2.75, 3.05) is 17.4 Å². The highest BCUT2D eigenvalue weighted by Gasteiger charge is 2.13. The van der Waals surface area contributed by atoms with Crippen molar-refractivity contribution in [3.63, 3.8) is 0 Å². The van der Waals surface area contributed by atoms with E-state index in [1.54, 1.807) is 6.20 Å². The van der Waals surface area contributed by atoms with E-state index in [2.05, 4.69) is 15.7 Å². The number of ether oxygens (including phenoxy) is 2. The van der Waals surface area contributed by atoms with Crippen molar-refractivity contribution in [1.29, 1.82) is 0 Å². The molecule has 0 saturated carbocycles. The minimum atomic E-state index is 0.256. The van der Waals surface area contributed by atoms with Crippen LogP contribution in [0.2, 0.25) is 0 Å². The zero-order valence-electron chi connectivity index (χ0n) is 13.3. The van der Waals surface area contributed by atoms with Crippen molar-refractivity contribution in [2.24, 2.45) is 0 Å². The molecule has 4 rings (SSSR count). The lowest BCUT2D eigenvalue weighted by atomic mass is 10.2. The molecule has 2 aromatic carbocycles. The Morgan fingerprint density at radius 2 is 1.80 bits per heavy atom. The first kappa shape index (κ1) is 15.5. The average Bonchev–Trinajstić information content (AvgIpc) is 3.27. The summed E-state index contributed by atoms with van der Waals surface area (Å²) in [7, 11) is 0. The number of anilines is 2. The van der Waals surface area contributed by atoms with Crippen molar-refractivity contribution in [1.82, 2.24) is 9.78 Å². The summed E-state index contributed by atoms with van der Waals surface area (Å²) >= 11 is 5.36. The van der Waals surface area contributed by atoms with Gasteiger partial charge in [0.1, 0.15) is 0 Å². The molecule has 0 amide bonds. The largest absolute Gasteiger partial charge is 0.454 e. The molecule has 0 spiro atoms. The second kappa shape index (κ2) is 6.82. The number of aromatic nitrogens is 2. The molecule has 2 N–H and O–H groups in total. The highest BCUT2D eigenvalue weighted by molar-refractivity contribution is 7.80. The highest BCUT2D eigenvalue weighted by atomic mass is 32.1. The van der Waals surface area contributed by atoms with Gasteiger partial charge in [-0.15, -0.1) is 0 Å². The topological polar surface area (TPSA) is 60.3 Å². The molecule has 6 nitrogen and oxygen atoms in total. The van der Waals surface area contributed by atoms with Gasteiger partial charge in [-0.1, -0.05) is 12.1 Å². The monoisotopic (exact) mass is 352 g/mol. The third-order valence-electron chi connectivity index (χ3n) is 3.75. The summed E-state index contributed by atoms with van der Waals surface area (Å²) in [5, 5.41) is 11.0. The van der Waals surface area contributed by atoms with Gasteiger partial charge in [-0.25, -0.2) is 0 Å². The van der Waals surface area contributed by atoms with Crippen molar-refractivity contribution < 1.29 is 9.47 Å². The van der Waals surface area contributed by atoms with Crippen LogP contribution in [-0.4, -0.2) is 21.7 Å². The van der Waals surface area contributed by atoms with Gasteiger partial charge in [0, 0.05) is 29.8 Å². The summed E-state index contributed by atoms with van der Waals surface area (Å²) in [5.41, 5.74) is 2.93. The second-order valence-corrected chi connectivity index (χ2v) is 5.96. The maximum Gasteiger partial charge on any atom is 0.231 e. The molecule has 0 fully saturated rings. The predicted octanol–water partition coefficient (Wildman–Crippen LogP) is 3.47. The smallest absolute Gasteiger partial charge is 0.231 e. The van der Waals surface area contributed by atoms with Gasteiger partial charge in [0.2, 0.25) is 6.79 Å². The Morgan fingerprint density at radius 1 is 1.04 bits per heavy atom. The Hall–Kier alpha value is -3.06. The zero-order valence-corrected chi connectivity index (χ0v) is 14.1. The Kier molecular flexibility index (Phi) is 4.22. The number of nitrogens with zero attached hydrogens (tertiary/aromatic N) is 2. The molecule has 0 unspecified atom stereocenters. The van der Waals surface area contributed by atoms with Crippen LogP contribution in [0.3, 0.4) is 0 Å².